The lowest BCUT2D eigenvalue weighted by atomic mass is 10.2. The summed E-state index contributed by atoms with van der Waals surface area (Å²) >= 11 is 12.5. The second-order valence-corrected chi connectivity index (χ2v) is 7.65. The van der Waals surface area contributed by atoms with E-state index in [2.05, 4.69) is 10.5 Å². The fourth-order valence-electron chi connectivity index (χ4n) is 2.75. The van der Waals surface area contributed by atoms with Gasteiger partial charge in [-0.05, 0) is 37.3 Å². The lowest BCUT2D eigenvalue weighted by molar-refractivity contribution is -0.120. The third-order valence-corrected chi connectivity index (χ3v) is 5.04. The van der Waals surface area contributed by atoms with Crippen LogP contribution in [-0.2, 0) is 16.2 Å². The van der Waals surface area contributed by atoms with Gasteiger partial charge in [0.05, 0.1) is 18.3 Å². The van der Waals surface area contributed by atoms with Crippen LogP contribution in [0.15, 0.2) is 65.8 Å². The summed E-state index contributed by atoms with van der Waals surface area (Å²) in [6, 6.07) is 18.2. The zero-order chi connectivity index (χ0) is 22.9. The first-order valence-corrected chi connectivity index (χ1v) is 10.5. The summed E-state index contributed by atoms with van der Waals surface area (Å²) in [5.41, 5.74) is 3.25. The van der Waals surface area contributed by atoms with Crippen LogP contribution >= 0.6 is 23.2 Å². The molecule has 0 aliphatic heterocycles. The van der Waals surface area contributed by atoms with Crippen molar-refractivity contribution in [3.05, 3.63) is 87.4 Å². The van der Waals surface area contributed by atoms with Crippen molar-refractivity contribution in [2.24, 2.45) is 5.16 Å². The quantitative estimate of drug-likeness (QED) is 0.311. The fourth-order valence-corrected chi connectivity index (χ4v) is 3.21. The number of hydrogen-bond acceptors (Lipinski definition) is 5. The number of rotatable bonds is 9. The van der Waals surface area contributed by atoms with Gasteiger partial charge in [-0.2, -0.15) is 0 Å². The monoisotopic (exact) mass is 472 g/mol. The molecule has 0 aliphatic rings. The molecule has 0 fully saturated rings. The molecule has 3 aromatic rings. The van der Waals surface area contributed by atoms with Crippen molar-refractivity contribution in [2.45, 2.75) is 13.5 Å². The Balaban J connectivity index is 1.57. The molecular weight excluding hydrogens is 451 g/mol. The molecule has 0 saturated carbocycles. The SMILES string of the molecule is COc1cc(C=NOCC(=O)Nc2ccc(C)cc2)cc(Cl)c1OCc1ccccc1Cl. The highest BCUT2D eigenvalue weighted by Gasteiger charge is 2.13. The maximum atomic E-state index is 11.9. The van der Waals surface area contributed by atoms with Gasteiger partial charge in [0.2, 0.25) is 0 Å². The number of carbonyl (C=O) groups excluding carboxylic acids is 1. The van der Waals surface area contributed by atoms with Crippen LogP contribution in [0.1, 0.15) is 16.7 Å². The van der Waals surface area contributed by atoms with Crippen molar-refractivity contribution in [3.63, 3.8) is 0 Å². The molecule has 3 rings (SSSR count). The van der Waals surface area contributed by atoms with E-state index in [4.69, 9.17) is 37.5 Å². The molecule has 8 heteroatoms. The molecule has 0 unspecified atom stereocenters. The minimum absolute atomic E-state index is 0.228. The zero-order valence-corrected chi connectivity index (χ0v) is 19.1. The number of ether oxygens (including phenoxy) is 2. The highest BCUT2D eigenvalue weighted by molar-refractivity contribution is 6.32. The summed E-state index contributed by atoms with van der Waals surface area (Å²) in [6.07, 6.45) is 1.44. The summed E-state index contributed by atoms with van der Waals surface area (Å²) in [5, 5.41) is 7.51. The number of anilines is 1. The van der Waals surface area contributed by atoms with Crippen LogP contribution in [-0.4, -0.2) is 25.8 Å². The summed E-state index contributed by atoms with van der Waals surface area (Å²) < 4.78 is 11.2. The standard InChI is InChI=1S/C24H22Cl2N2O4/c1-16-7-9-19(10-8-16)28-23(29)15-32-27-13-17-11-21(26)24(22(12-17)30-2)31-14-18-5-3-4-6-20(18)25/h3-13H,14-15H2,1-2H3,(H,28,29). The van der Waals surface area contributed by atoms with Gasteiger partial charge < -0.3 is 19.6 Å². The van der Waals surface area contributed by atoms with Gasteiger partial charge in [-0.15, -0.1) is 0 Å². The first kappa shape index (κ1) is 23.4. The number of amides is 1. The van der Waals surface area contributed by atoms with Crippen molar-refractivity contribution in [1.82, 2.24) is 0 Å². The molecule has 1 N–H and O–H groups in total. The van der Waals surface area contributed by atoms with Gasteiger partial charge in [-0.1, -0.05) is 64.3 Å². The smallest absolute Gasteiger partial charge is 0.265 e. The van der Waals surface area contributed by atoms with Gasteiger partial charge in [0.15, 0.2) is 18.1 Å². The van der Waals surface area contributed by atoms with E-state index < -0.39 is 0 Å². The van der Waals surface area contributed by atoms with E-state index in [0.29, 0.717) is 32.8 Å². The van der Waals surface area contributed by atoms with E-state index in [-0.39, 0.29) is 19.1 Å². The van der Waals surface area contributed by atoms with E-state index in [1.807, 2.05) is 49.4 Å². The van der Waals surface area contributed by atoms with Crippen molar-refractivity contribution >= 4 is 41.0 Å². The number of carbonyl (C=O) groups is 1. The second kappa shape index (κ2) is 11.4. The average molecular weight is 473 g/mol. The second-order valence-electron chi connectivity index (χ2n) is 6.84. The Bertz CT molecular complexity index is 1100. The highest BCUT2D eigenvalue weighted by Crippen LogP contribution is 2.37. The van der Waals surface area contributed by atoms with E-state index in [1.54, 1.807) is 18.2 Å². The molecule has 0 spiro atoms. The summed E-state index contributed by atoms with van der Waals surface area (Å²) in [6.45, 7) is 1.99. The lowest BCUT2D eigenvalue weighted by Gasteiger charge is -2.14. The van der Waals surface area contributed by atoms with E-state index in [0.717, 1.165) is 11.1 Å². The number of hydrogen-bond donors (Lipinski definition) is 1. The van der Waals surface area contributed by atoms with E-state index in [9.17, 15) is 4.79 Å². The Morgan fingerprint density at radius 1 is 1.06 bits per heavy atom. The zero-order valence-electron chi connectivity index (χ0n) is 17.6. The summed E-state index contributed by atoms with van der Waals surface area (Å²) in [7, 11) is 1.51. The van der Waals surface area contributed by atoms with Crippen LogP contribution in [0.25, 0.3) is 0 Å². The first-order valence-electron chi connectivity index (χ1n) is 9.72. The van der Waals surface area contributed by atoms with Gasteiger partial charge >= 0.3 is 0 Å². The first-order chi connectivity index (χ1) is 15.5. The molecule has 166 valence electrons. The average Bonchev–Trinajstić information content (AvgIpc) is 2.78. The van der Waals surface area contributed by atoms with Crippen molar-refractivity contribution in [3.8, 4) is 11.5 Å². The number of methoxy groups -OCH3 is 1. The molecule has 3 aromatic carbocycles. The van der Waals surface area contributed by atoms with Gasteiger partial charge in [0, 0.05) is 21.8 Å². The largest absolute Gasteiger partial charge is 0.493 e. The van der Waals surface area contributed by atoms with Gasteiger partial charge in [0.1, 0.15) is 6.61 Å². The molecule has 6 nitrogen and oxygen atoms in total. The Labute approximate surface area is 196 Å². The summed E-state index contributed by atoms with van der Waals surface area (Å²) in [4.78, 5) is 17.0. The molecule has 0 radical (unpaired) electrons. The number of aryl methyl sites for hydroxylation is 1. The molecule has 0 aliphatic carbocycles. The van der Waals surface area contributed by atoms with Gasteiger partial charge in [-0.25, -0.2) is 0 Å². The predicted molar refractivity (Wildman–Crippen MR) is 127 cm³/mol. The van der Waals surface area contributed by atoms with Crippen LogP contribution in [0.5, 0.6) is 11.5 Å². The Morgan fingerprint density at radius 3 is 2.53 bits per heavy atom. The molecule has 32 heavy (non-hydrogen) atoms. The number of nitrogens with zero attached hydrogens (tertiary/aromatic N) is 1. The fraction of sp³-hybridized carbons (Fsp3) is 0.167. The number of oxime groups is 1. The highest BCUT2D eigenvalue weighted by atomic mass is 35.5. The van der Waals surface area contributed by atoms with E-state index >= 15 is 0 Å². The van der Waals surface area contributed by atoms with Gasteiger partial charge in [0.25, 0.3) is 5.91 Å². The van der Waals surface area contributed by atoms with Crippen molar-refractivity contribution in [1.29, 1.82) is 0 Å². The maximum Gasteiger partial charge on any atom is 0.265 e. The molecule has 1 amide bonds. The Morgan fingerprint density at radius 2 is 1.81 bits per heavy atom. The van der Waals surface area contributed by atoms with Gasteiger partial charge in [-0.3, -0.25) is 4.79 Å². The molecule has 0 aromatic heterocycles. The molecular formula is C24H22Cl2N2O4. The summed E-state index contributed by atoms with van der Waals surface area (Å²) in [5.74, 6) is 0.512. The molecule has 0 bridgehead atoms. The Hall–Kier alpha value is -3.22. The number of halogens is 2. The van der Waals surface area contributed by atoms with Crippen molar-refractivity contribution in [2.75, 3.05) is 19.0 Å². The third-order valence-electron chi connectivity index (χ3n) is 4.39. The molecule has 0 heterocycles. The maximum absolute atomic E-state index is 11.9. The normalized spacial score (nSPS) is 10.8. The molecule has 0 atom stereocenters. The van der Waals surface area contributed by atoms with Crippen LogP contribution in [0.4, 0.5) is 5.69 Å². The van der Waals surface area contributed by atoms with Crippen LogP contribution in [0.3, 0.4) is 0 Å². The van der Waals surface area contributed by atoms with Crippen LogP contribution < -0.4 is 14.8 Å². The predicted octanol–water partition coefficient (Wildman–Crippen LogP) is 5.88. The number of nitrogens with one attached hydrogen (secondary N) is 1. The number of benzene rings is 3. The van der Waals surface area contributed by atoms with Crippen LogP contribution in [0.2, 0.25) is 10.0 Å². The van der Waals surface area contributed by atoms with E-state index in [1.165, 1.54) is 13.3 Å². The topological polar surface area (TPSA) is 69.2 Å². The Kier molecular flexibility index (Phi) is 8.36. The third kappa shape index (κ3) is 6.64. The minimum atomic E-state index is -0.315. The van der Waals surface area contributed by atoms with Crippen molar-refractivity contribution < 1.29 is 19.1 Å². The lowest BCUT2D eigenvalue weighted by Crippen LogP contribution is -2.16. The molecule has 0 saturated heterocycles. The minimum Gasteiger partial charge on any atom is -0.493 e. The van der Waals surface area contributed by atoms with Crippen LogP contribution in [0, 0.1) is 6.92 Å².